The monoisotopic (exact) mass is 324 g/mol. The van der Waals surface area contributed by atoms with Gasteiger partial charge in [0.05, 0.1) is 16.8 Å². The normalized spacial score (nSPS) is 35.3. The summed E-state index contributed by atoms with van der Waals surface area (Å²) in [5, 5.41) is 0. The minimum absolute atomic E-state index is 0.0613. The quantitative estimate of drug-likeness (QED) is 0.854. The molecule has 0 radical (unpaired) electrons. The molecule has 3 rings (SSSR count). The molecule has 1 aromatic carbocycles. The Morgan fingerprint density at radius 1 is 1.23 bits per heavy atom. The zero-order valence-corrected chi connectivity index (χ0v) is 14.0. The van der Waals surface area contributed by atoms with Gasteiger partial charge in [-0.25, -0.2) is 8.42 Å². The van der Waals surface area contributed by atoms with Crippen LogP contribution in [0.4, 0.5) is 0 Å². The third-order valence-electron chi connectivity index (χ3n) is 5.16. The van der Waals surface area contributed by atoms with Gasteiger partial charge in [0.2, 0.25) is 0 Å². The van der Waals surface area contributed by atoms with Crippen molar-refractivity contribution in [1.29, 1.82) is 0 Å². The molecular formula is C17H24O4S. The number of ether oxygens (including phenoxy) is 2. The fourth-order valence-corrected chi connectivity index (χ4v) is 5.95. The molecule has 1 aliphatic heterocycles. The standard InChI is InChI=1S/C17H24O4S/c1-12-16-13(7-6-10-15(16)17(20-2)21-12)11-22(18,19)14-8-4-3-5-9-14/h3-5,8-9,12-13,15-17H,6-7,10-11H2,1-2H3. The smallest absolute Gasteiger partial charge is 0.178 e. The molecule has 1 aromatic rings. The molecule has 0 amide bonds. The zero-order chi connectivity index (χ0) is 15.7. The first-order valence-electron chi connectivity index (χ1n) is 7.99. The Morgan fingerprint density at radius 3 is 2.64 bits per heavy atom. The molecular weight excluding hydrogens is 300 g/mol. The van der Waals surface area contributed by atoms with Crippen molar-refractivity contribution in [3.8, 4) is 0 Å². The van der Waals surface area contributed by atoms with Crippen LogP contribution in [0.1, 0.15) is 26.2 Å². The fourth-order valence-electron chi connectivity index (χ4n) is 4.23. The van der Waals surface area contributed by atoms with Crippen LogP contribution in [0, 0.1) is 17.8 Å². The average molecular weight is 324 g/mol. The van der Waals surface area contributed by atoms with E-state index in [1.54, 1.807) is 31.4 Å². The van der Waals surface area contributed by atoms with E-state index >= 15 is 0 Å². The molecule has 2 fully saturated rings. The molecule has 0 aromatic heterocycles. The second-order valence-electron chi connectivity index (χ2n) is 6.47. The molecule has 2 aliphatic rings. The molecule has 5 heteroatoms. The van der Waals surface area contributed by atoms with Crippen LogP contribution in [0.2, 0.25) is 0 Å². The Hall–Kier alpha value is -0.910. The number of sulfone groups is 1. The van der Waals surface area contributed by atoms with Crippen LogP contribution in [0.5, 0.6) is 0 Å². The van der Waals surface area contributed by atoms with E-state index in [9.17, 15) is 8.42 Å². The Bertz CT molecular complexity index is 598. The molecule has 5 unspecified atom stereocenters. The summed E-state index contributed by atoms with van der Waals surface area (Å²) in [7, 11) is -1.57. The van der Waals surface area contributed by atoms with Gasteiger partial charge in [-0.15, -0.1) is 0 Å². The Kier molecular flexibility index (Phi) is 4.57. The molecule has 0 bridgehead atoms. The van der Waals surface area contributed by atoms with Crippen LogP contribution in [0.3, 0.4) is 0 Å². The fraction of sp³-hybridized carbons (Fsp3) is 0.647. The molecule has 0 N–H and O–H groups in total. The highest BCUT2D eigenvalue weighted by molar-refractivity contribution is 7.91. The number of fused-ring (bicyclic) bond motifs is 1. The summed E-state index contributed by atoms with van der Waals surface area (Å²) in [5.74, 6) is 0.962. The predicted octanol–water partition coefficient (Wildman–Crippen LogP) is 2.88. The largest absolute Gasteiger partial charge is 0.356 e. The van der Waals surface area contributed by atoms with Gasteiger partial charge in [-0.1, -0.05) is 24.6 Å². The number of methoxy groups -OCH3 is 1. The van der Waals surface area contributed by atoms with Crippen molar-refractivity contribution in [1.82, 2.24) is 0 Å². The van der Waals surface area contributed by atoms with Gasteiger partial charge < -0.3 is 9.47 Å². The number of hydrogen-bond donors (Lipinski definition) is 0. The first kappa shape index (κ1) is 16.0. The highest BCUT2D eigenvalue weighted by Crippen LogP contribution is 2.46. The minimum atomic E-state index is -3.24. The average Bonchev–Trinajstić information content (AvgIpc) is 2.85. The maximum atomic E-state index is 12.7. The summed E-state index contributed by atoms with van der Waals surface area (Å²) in [4.78, 5) is 0.423. The van der Waals surface area contributed by atoms with Gasteiger partial charge in [-0.2, -0.15) is 0 Å². The molecule has 0 spiro atoms. The van der Waals surface area contributed by atoms with Crippen molar-refractivity contribution in [2.75, 3.05) is 12.9 Å². The molecule has 5 atom stereocenters. The lowest BCUT2D eigenvalue weighted by molar-refractivity contribution is -0.129. The van der Waals surface area contributed by atoms with E-state index in [4.69, 9.17) is 9.47 Å². The molecule has 1 aliphatic carbocycles. The van der Waals surface area contributed by atoms with Gasteiger partial charge in [0.1, 0.15) is 0 Å². The number of hydrogen-bond acceptors (Lipinski definition) is 4. The maximum Gasteiger partial charge on any atom is 0.178 e. The lowest BCUT2D eigenvalue weighted by atomic mass is 9.72. The summed E-state index contributed by atoms with van der Waals surface area (Å²) in [6.07, 6.45) is 2.95. The Morgan fingerprint density at radius 2 is 1.95 bits per heavy atom. The minimum Gasteiger partial charge on any atom is -0.356 e. The van der Waals surface area contributed by atoms with Crippen LogP contribution in [-0.4, -0.2) is 33.7 Å². The second-order valence-corrected chi connectivity index (χ2v) is 8.51. The topological polar surface area (TPSA) is 52.6 Å². The highest BCUT2D eigenvalue weighted by atomic mass is 32.2. The third-order valence-corrected chi connectivity index (χ3v) is 7.02. The number of benzene rings is 1. The van der Waals surface area contributed by atoms with Gasteiger partial charge in [0.25, 0.3) is 0 Å². The summed E-state index contributed by atoms with van der Waals surface area (Å²) >= 11 is 0. The molecule has 1 saturated carbocycles. The first-order chi connectivity index (χ1) is 10.5. The van der Waals surface area contributed by atoms with Gasteiger partial charge in [-0.3, -0.25) is 0 Å². The molecule has 1 saturated heterocycles. The van der Waals surface area contributed by atoms with Crippen molar-refractivity contribution in [2.45, 2.75) is 43.5 Å². The van der Waals surface area contributed by atoms with E-state index in [1.807, 2.05) is 13.0 Å². The van der Waals surface area contributed by atoms with Gasteiger partial charge in [0.15, 0.2) is 16.1 Å². The van der Waals surface area contributed by atoms with E-state index in [0.717, 1.165) is 19.3 Å². The summed E-state index contributed by atoms with van der Waals surface area (Å²) in [5.41, 5.74) is 0. The van der Waals surface area contributed by atoms with Crippen LogP contribution < -0.4 is 0 Å². The van der Waals surface area contributed by atoms with Crippen molar-refractivity contribution >= 4 is 9.84 Å². The Balaban J connectivity index is 1.80. The van der Waals surface area contributed by atoms with Gasteiger partial charge in [0, 0.05) is 13.0 Å². The molecule has 122 valence electrons. The second kappa shape index (κ2) is 6.30. The third kappa shape index (κ3) is 2.94. The van der Waals surface area contributed by atoms with Crippen molar-refractivity contribution < 1.29 is 17.9 Å². The lowest BCUT2D eigenvalue weighted by Crippen LogP contribution is -2.36. The van der Waals surface area contributed by atoms with E-state index < -0.39 is 9.84 Å². The van der Waals surface area contributed by atoms with Crippen LogP contribution in [0.25, 0.3) is 0 Å². The first-order valence-corrected chi connectivity index (χ1v) is 9.64. The molecule has 4 nitrogen and oxygen atoms in total. The number of rotatable bonds is 4. The van der Waals surface area contributed by atoms with E-state index in [2.05, 4.69) is 0 Å². The van der Waals surface area contributed by atoms with E-state index in [0.29, 0.717) is 10.8 Å². The lowest BCUT2D eigenvalue weighted by Gasteiger charge is -2.35. The van der Waals surface area contributed by atoms with Crippen molar-refractivity contribution in [3.05, 3.63) is 30.3 Å². The maximum absolute atomic E-state index is 12.7. The molecule has 22 heavy (non-hydrogen) atoms. The summed E-state index contributed by atoms with van der Waals surface area (Å²) < 4.78 is 36.7. The summed E-state index contributed by atoms with van der Waals surface area (Å²) in [6, 6.07) is 8.76. The zero-order valence-electron chi connectivity index (χ0n) is 13.1. The summed E-state index contributed by atoms with van der Waals surface area (Å²) in [6.45, 7) is 2.05. The van der Waals surface area contributed by atoms with Crippen molar-refractivity contribution in [3.63, 3.8) is 0 Å². The van der Waals surface area contributed by atoms with Crippen molar-refractivity contribution in [2.24, 2.45) is 17.8 Å². The molecule has 1 heterocycles. The van der Waals surface area contributed by atoms with Gasteiger partial charge in [-0.05, 0) is 43.7 Å². The Labute approximate surface area is 132 Å². The predicted molar refractivity (Wildman–Crippen MR) is 84.2 cm³/mol. The van der Waals surface area contributed by atoms with E-state index in [1.165, 1.54) is 0 Å². The van der Waals surface area contributed by atoms with Crippen LogP contribution >= 0.6 is 0 Å². The van der Waals surface area contributed by atoms with Crippen LogP contribution in [0.15, 0.2) is 35.2 Å². The van der Waals surface area contributed by atoms with Gasteiger partial charge >= 0.3 is 0 Å². The SMILES string of the molecule is COC1OC(C)C2C(CS(=O)(=O)c3ccccc3)CCCC12. The van der Waals surface area contributed by atoms with Crippen LogP contribution in [-0.2, 0) is 19.3 Å². The van der Waals surface area contributed by atoms with E-state index in [-0.39, 0.29) is 30.0 Å². The highest BCUT2D eigenvalue weighted by Gasteiger charge is 2.48.